The minimum absolute atomic E-state index is 0.152. The van der Waals surface area contributed by atoms with Crippen molar-refractivity contribution in [1.82, 2.24) is 9.88 Å². The first-order valence-electron chi connectivity index (χ1n) is 5.38. The number of hydrogen-bond donors (Lipinski definition) is 0. The third kappa shape index (κ3) is 3.26. The van der Waals surface area contributed by atoms with Gasteiger partial charge < -0.3 is 4.90 Å². The Bertz CT molecular complexity index is 462. The van der Waals surface area contributed by atoms with Gasteiger partial charge in [0.05, 0.1) is 6.54 Å². The zero-order valence-corrected chi connectivity index (χ0v) is 12.5. The number of halogens is 4. The van der Waals surface area contributed by atoms with Gasteiger partial charge in [-0.3, -0.25) is 4.79 Å². The predicted octanol–water partition coefficient (Wildman–Crippen LogP) is 3.48. The van der Waals surface area contributed by atoms with Gasteiger partial charge in [0.1, 0.15) is 9.21 Å². The number of carbonyl (C=O) groups excluding carboxylic acids is 1. The van der Waals surface area contributed by atoms with Crippen molar-refractivity contribution in [3.05, 3.63) is 26.9 Å². The third-order valence-corrected chi connectivity index (χ3v) is 3.50. The first kappa shape index (κ1) is 13.9. The molecule has 18 heavy (non-hydrogen) atoms. The molecule has 3 nitrogen and oxygen atoms in total. The second-order valence-corrected chi connectivity index (χ2v) is 5.81. The topological polar surface area (TPSA) is 33.2 Å². The van der Waals surface area contributed by atoms with Gasteiger partial charge in [0.2, 0.25) is 0 Å². The molecule has 1 aliphatic heterocycles. The molecule has 0 bridgehead atoms. The van der Waals surface area contributed by atoms with E-state index >= 15 is 0 Å². The minimum Gasteiger partial charge on any atom is -0.333 e. The number of amides is 1. The SMILES string of the molecule is O=C(c1cc(Br)nc(Br)c1)N1CCCC(F)(F)C1. The smallest absolute Gasteiger partial charge is 0.265 e. The summed E-state index contributed by atoms with van der Waals surface area (Å²) in [5.74, 6) is -3.17. The molecule has 7 heteroatoms. The van der Waals surface area contributed by atoms with E-state index in [4.69, 9.17) is 0 Å². The van der Waals surface area contributed by atoms with E-state index in [1.165, 1.54) is 17.0 Å². The normalized spacial score (nSPS) is 18.8. The van der Waals surface area contributed by atoms with E-state index in [1.807, 2.05) is 0 Å². The summed E-state index contributed by atoms with van der Waals surface area (Å²) in [6.07, 6.45) is 0.173. The summed E-state index contributed by atoms with van der Waals surface area (Å²) in [5, 5.41) is 0. The Kier molecular flexibility index (Phi) is 4.01. The zero-order chi connectivity index (χ0) is 13.3. The molecular weight excluding hydrogens is 374 g/mol. The van der Waals surface area contributed by atoms with Crippen LogP contribution in [-0.2, 0) is 0 Å². The Morgan fingerprint density at radius 3 is 2.50 bits per heavy atom. The molecule has 0 saturated carbocycles. The number of hydrogen-bond acceptors (Lipinski definition) is 2. The molecule has 98 valence electrons. The number of piperidine rings is 1. The first-order chi connectivity index (χ1) is 8.37. The van der Waals surface area contributed by atoms with Crippen LogP contribution in [0.15, 0.2) is 21.3 Å². The van der Waals surface area contributed by atoms with E-state index in [1.54, 1.807) is 0 Å². The van der Waals surface area contributed by atoms with Crippen LogP contribution in [0.25, 0.3) is 0 Å². The molecule has 1 aromatic rings. The van der Waals surface area contributed by atoms with Gasteiger partial charge in [0, 0.05) is 18.5 Å². The zero-order valence-electron chi connectivity index (χ0n) is 9.30. The number of rotatable bonds is 1. The van der Waals surface area contributed by atoms with Gasteiger partial charge in [-0.1, -0.05) is 0 Å². The summed E-state index contributed by atoms with van der Waals surface area (Å²) in [4.78, 5) is 17.3. The molecule has 0 spiro atoms. The Morgan fingerprint density at radius 2 is 1.94 bits per heavy atom. The highest BCUT2D eigenvalue weighted by atomic mass is 79.9. The van der Waals surface area contributed by atoms with Crippen molar-refractivity contribution in [2.24, 2.45) is 0 Å². The molecule has 0 radical (unpaired) electrons. The van der Waals surface area contributed by atoms with E-state index in [0.717, 1.165) is 0 Å². The van der Waals surface area contributed by atoms with Crippen LogP contribution in [0.5, 0.6) is 0 Å². The molecule has 1 aliphatic rings. The van der Waals surface area contributed by atoms with Gasteiger partial charge in [-0.15, -0.1) is 0 Å². The molecule has 0 atom stereocenters. The summed E-state index contributed by atoms with van der Waals surface area (Å²) in [6.45, 7) is -0.143. The van der Waals surface area contributed by atoms with Gasteiger partial charge in [-0.05, 0) is 50.4 Å². The van der Waals surface area contributed by atoms with Crippen molar-refractivity contribution in [3.63, 3.8) is 0 Å². The van der Waals surface area contributed by atoms with Gasteiger partial charge in [0.15, 0.2) is 0 Å². The van der Waals surface area contributed by atoms with Gasteiger partial charge in [0.25, 0.3) is 11.8 Å². The van der Waals surface area contributed by atoms with Gasteiger partial charge in [-0.25, -0.2) is 13.8 Å². The largest absolute Gasteiger partial charge is 0.333 e. The fourth-order valence-electron chi connectivity index (χ4n) is 1.91. The molecule has 0 N–H and O–H groups in total. The molecule has 1 fully saturated rings. The third-order valence-electron chi connectivity index (χ3n) is 2.69. The van der Waals surface area contributed by atoms with Gasteiger partial charge >= 0.3 is 0 Å². The second kappa shape index (κ2) is 5.21. The lowest BCUT2D eigenvalue weighted by Crippen LogP contribution is -2.45. The van der Waals surface area contributed by atoms with Crippen LogP contribution in [0.3, 0.4) is 0 Å². The predicted molar refractivity (Wildman–Crippen MR) is 69.7 cm³/mol. The van der Waals surface area contributed by atoms with Crippen LogP contribution >= 0.6 is 31.9 Å². The van der Waals surface area contributed by atoms with E-state index in [9.17, 15) is 13.6 Å². The van der Waals surface area contributed by atoms with Crippen molar-refractivity contribution in [2.75, 3.05) is 13.1 Å². The van der Waals surface area contributed by atoms with E-state index < -0.39 is 18.4 Å². The molecule has 0 aromatic carbocycles. The Labute approximate surface area is 120 Å². The number of likely N-dealkylation sites (tertiary alicyclic amines) is 1. The van der Waals surface area contributed by atoms with E-state index in [2.05, 4.69) is 36.8 Å². The highest BCUT2D eigenvalue weighted by molar-refractivity contribution is 9.11. The molecule has 1 amide bonds. The highest BCUT2D eigenvalue weighted by Gasteiger charge is 2.37. The lowest BCUT2D eigenvalue weighted by Gasteiger charge is -2.32. The number of alkyl halides is 2. The Hall–Kier alpha value is -0.560. The summed E-state index contributed by atoms with van der Waals surface area (Å²) in [6, 6.07) is 3.06. The molecule has 2 rings (SSSR count). The quantitative estimate of drug-likeness (QED) is 0.695. The molecular formula is C11H10Br2F2N2O. The van der Waals surface area contributed by atoms with Crippen LogP contribution in [0.4, 0.5) is 8.78 Å². The van der Waals surface area contributed by atoms with Crippen molar-refractivity contribution in [3.8, 4) is 0 Å². The van der Waals surface area contributed by atoms with Crippen molar-refractivity contribution >= 4 is 37.8 Å². The average molecular weight is 384 g/mol. The summed E-state index contributed by atoms with van der Waals surface area (Å²) in [5.41, 5.74) is 0.349. The van der Waals surface area contributed by atoms with Gasteiger partial charge in [-0.2, -0.15) is 0 Å². The average Bonchev–Trinajstić information content (AvgIpc) is 2.25. The monoisotopic (exact) mass is 382 g/mol. The number of pyridine rings is 1. The number of nitrogens with zero attached hydrogens (tertiary/aromatic N) is 2. The van der Waals surface area contributed by atoms with E-state index in [-0.39, 0.29) is 6.42 Å². The fraction of sp³-hybridized carbons (Fsp3) is 0.455. The Morgan fingerprint density at radius 1 is 1.33 bits per heavy atom. The summed E-state index contributed by atoms with van der Waals surface area (Å²) in [7, 11) is 0. The van der Waals surface area contributed by atoms with Crippen LogP contribution in [0, 0.1) is 0 Å². The standard InChI is InChI=1S/C11H10Br2F2N2O/c12-8-4-7(5-9(13)16-8)10(18)17-3-1-2-11(14,15)6-17/h4-5H,1-3,6H2. The lowest BCUT2D eigenvalue weighted by atomic mass is 10.1. The molecule has 1 aromatic heterocycles. The molecule has 2 heterocycles. The maximum Gasteiger partial charge on any atom is 0.265 e. The van der Waals surface area contributed by atoms with Crippen molar-refractivity contribution < 1.29 is 13.6 Å². The maximum atomic E-state index is 13.3. The van der Waals surface area contributed by atoms with Crippen LogP contribution < -0.4 is 0 Å². The second-order valence-electron chi connectivity index (χ2n) is 4.19. The van der Waals surface area contributed by atoms with Crippen LogP contribution in [-0.4, -0.2) is 34.8 Å². The van der Waals surface area contributed by atoms with Crippen LogP contribution in [0.1, 0.15) is 23.2 Å². The lowest BCUT2D eigenvalue weighted by molar-refractivity contribution is -0.0560. The fourth-order valence-corrected chi connectivity index (χ4v) is 3.02. The molecule has 0 aliphatic carbocycles. The maximum absolute atomic E-state index is 13.3. The van der Waals surface area contributed by atoms with Crippen LogP contribution in [0.2, 0.25) is 0 Å². The molecule has 0 unspecified atom stereocenters. The number of carbonyl (C=O) groups is 1. The van der Waals surface area contributed by atoms with Crippen molar-refractivity contribution in [1.29, 1.82) is 0 Å². The van der Waals surface area contributed by atoms with Crippen molar-refractivity contribution in [2.45, 2.75) is 18.8 Å². The molecule has 1 saturated heterocycles. The van der Waals surface area contributed by atoms with E-state index in [0.29, 0.717) is 27.7 Å². The summed E-state index contributed by atoms with van der Waals surface area (Å²) >= 11 is 6.34. The summed E-state index contributed by atoms with van der Waals surface area (Å²) < 4.78 is 27.5. The number of aromatic nitrogens is 1. The Balaban J connectivity index is 2.20. The first-order valence-corrected chi connectivity index (χ1v) is 6.96. The minimum atomic E-state index is -2.78. The highest BCUT2D eigenvalue weighted by Crippen LogP contribution is 2.28.